The van der Waals surface area contributed by atoms with E-state index in [0.29, 0.717) is 17.7 Å². The van der Waals surface area contributed by atoms with Gasteiger partial charge in [0.25, 0.3) is 0 Å². The van der Waals surface area contributed by atoms with Gasteiger partial charge in [-0.1, -0.05) is 24.3 Å². The molecule has 1 aliphatic carbocycles. The van der Waals surface area contributed by atoms with Crippen LogP contribution in [0.1, 0.15) is 36.2 Å². The van der Waals surface area contributed by atoms with E-state index < -0.39 is 5.41 Å². The van der Waals surface area contributed by atoms with Crippen molar-refractivity contribution in [2.45, 2.75) is 32.2 Å². The molecular formula is C29H24N6O. The van der Waals surface area contributed by atoms with Crippen LogP contribution in [0.4, 0.5) is 16.2 Å². The van der Waals surface area contributed by atoms with Crippen LogP contribution < -0.4 is 4.90 Å². The SMILES string of the molecule is CN1Cc2cnc3ccc(-c4cnc5c(c4)C=CC5)nc3c2N(c2ccc(C(C)(C)C#N)cc2)C1=O. The Hall–Kier alpha value is -4.57. The van der Waals surface area contributed by atoms with Gasteiger partial charge < -0.3 is 4.90 Å². The van der Waals surface area contributed by atoms with Crippen molar-refractivity contribution in [1.29, 1.82) is 5.26 Å². The molecule has 0 atom stereocenters. The van der Waals surface area contributed by atoms with Crippen molar-refractivity contribution in [3.05, 3.63) is 83.3 Å². The molecule has 4 aromatic rings. The third-order valence-electron chi connectivity index (χ3n) is 6.95. The quantitative estimate of drug-likeness (QED) is 0.378. The molecule has 36 heavy (non-hydrogen) atoms. The van der Waals surface area contributed by atoms with E-state index in [1.54, 1.807) is 16.8 Å². The number of allylic oxidation sites excluding steroid dienone is 1. The van der Waals surface area contributed by atoms with E-state index in [1.165, 1.54) is 0 Å². The maximum atomic E-state index is 13.5. The van der Waals surface area contributed by atoms with E-state index in [2.05, 4.69) is 34.3 Å². The maximum absolute atomic E-state index is 13.5. The molecule has 0 spiro atoms. The molecule has 0 radical (unpaired) electrons. The lowest BCUT2D eigenvalue weighted by molar-refractivity contribution is 0.213. The fourth-order valence-electron chi connectivity index (χ4n) is 4.80. The molecule has 0 unspecified atom stereocenters. The number of pyridine rings is 3. The summed E-state index contributed by atoms with van der Waals surface area (Å²) in [7, 11) is 1.78. The fraction of sp³-hybridized carbons (Fsp3) is 0.207. The van der Waals surface area contributed by atoms with Crippen LogP contribution in [0.5, 0.6) is 0 Å². The fourth-order valence-corrected chi connectivity index (χ4v) is 4.80. The zero-order valence-electron chi connectivity index (χ0n) is 20.4. The van der Waals surface area contributed by atoms with Crippen LogP contribution in [0, 0.1) is 11.3 Å². The van der Waals surface area contributed by atoms with Crippen LogP contribution >= 0.6 is 0 Å². The smallest absolute Gasteiger partial charge is 0.323 e. The van der Waals surface area contributed by atoms with Crippen LogP contribution in [-0.2, 0) is 18.4 Å². The molecule has 6 rings (SSSR count). The molecule has 2 aliphatic rings. The lowest BCUT2D eigenvalue weighted by Gasteiger charge is -2.35. The van der Waals surface area contributed by atoms with Gasteiger partial charge >= 0.3 is 6.03 Å². The Bertz CT molecular complexity index is 1610. The number of hydrogen-bond acceptors (Lipinski definition) is 5. The standard InChI is InChI=1S/C29H24N6O/c1-29(2,17-30)21-7-9-22(10-8-21)35-27-20(16-34(3)28(35)36)15-32-25-12-11-24(33-26(25)27)19-13-18-5-4-6-23(18)31-14-19/h4-5,7-15H,6,16H2,1-3H3. The van der Waals surface area contributed by atoms with Crippen molar-refractivity contribution in [2.24, 2.45) is 0 Å². The average Bonchev–Trinajstić information content (AvgIpc) is 3.37. The maximum Gasteiger partial charge on any atom is 0.329 e. The summed E-state index contributed by atoms with van der Waals surface area (Å²) in [4.78, 5) is 31.1. The summed E-state index contributed by atoms with van der Waals surface area (Å²) in [5.74, 6) is 0. The van der Waals surface area contributed by atoms with Gasteiger partial charge in [0.1, 0.15) is 5.52 Å². The Kier molecular flexibility index (Phi) is 4.87. The van der Waals surface area contributed by atoms with Crippen LogP contribution in [0.15, 0.2) is 60.9 Å². The van der Waals surface area contributed by atoms with Gasteiger partial charge in [-0.15, -0.1) is 0 Å². The van der Waals surface area contributed by atoms with E-state index in [4.69, 9.17) is 4.98 Å². The third kappa shape index (κ3) is 3.42. The average molecular weight is 473 g/mol. The summed E-state index contributed by atoms with van der Waals surface area (Å²) in [6, 6.07) is 15.8. The second kappa shape index (κ2) is 7.99. The second-order valence-electron chi connectivity index (χ2n) is 9.82. The molecule has 0 N–H and O–H groups in total. The first-order valence-electron chi connectivity index (χ1n) is 11.9. The molecule has 7 heteroatoms. The number of nitriles is 1. The van der Waals surface area contributed by atoms with E-state index >= 15 is 0 Å². The van der Waals surface area contributed by atoms with Crippen molar-refractivity contribution in [3.8, 4) is 17.3 Å². The molecule has 3 aromatic heterocycles. The minimum Gasteiger partial charge on any atom is -0.323 e. The predicted octanol–water partition coefficient (Wildman–Crippen LogP) is 5.77. The number of carbonyl (C=O) groups excluding carboxylic acids is 1. The Morgan fingerprint density at radius 3 is 2.64 bits per heavy atom. The number of aromatic nitrogens is 3. The van der Waals surface area contributed by atoms with Crippen molar-refractivity contribution in [1.82, 2.24) is 19.9 Å². The predicted molar refractivity (Wildman–Crippen MR) is 140 cm³/mol. The van der Waals surface area contributed by atoms with Crippen LogP contribution in [0.3, 0.4) is 0 Å². The van der Waals surface area contributed by atoms with E-state index in [0.717, 1.165) is 51.3 Å². The van der Waals surface area contributed by atoms with Crippen molar-refractivity contribution >= 4 is 34.5 Å². The van der Waals surface area contributed by atoms with Crippen molar-refractivity contribution in [2.75, 3.05) is 11.9 Å². The highest BCUT2D eigenvalue weighted by molar-refractivity contribution is 6.08. The van der Waals surface area contributed by atoms with Gasteiger partial charge in [0, 0.05) is 37.0 Å². The highest BCUT2D eigenvalue weighted by Crippen LogP contribution is 2.40. The molecule has 0 saturated heterocycles. The number of nitrogens with zero attached hydrogens (tertiary/aromatic N) is 6. The summed E-state index contributed by atoms with van der Waals surface area (Å²) >= 11 is 0. The van der Waals surface area contributed by atoms with Gasteiger partial charge in [-0.3, -0.25) is 14.9 Å². The van der Waals surface area contributed by atoms with Gasteiger partial charge in [-0.25, -0.2) is 9.78 Å². The molecule has 0 fully saturated rings. The van der Waals surface area contributed by atoms with Gasteiger partial charge in [-0.2, -0.15) is 5.26 Å². The largest absolute Gasteiger partial charge is 0.329 e. The van der Waals surface area contributed by atoms with Crippen molar-refractivity contribution < 1.29 is 4.79 Å². The number of urea groups is 1. The number of fused-ring (bicyclic) bond motifs is 4. The van der Waals surface area contributed by atoms with E-state index in [1.807, 2.05) is 62.6 Å². The summed E-state index contributed by atoms with van der Waals surface area (Å²) in [6.07, 6.45) is 8.73. The first-order valence-corrected chi connectivity index (χ1v) is 11.9. The number of carbonyl (C=O) groups is 1. The molecule has 7 nitrogen and oxygen atoms in total. The summed E-state index contributed by atoms with van der Waals surface area (Å²) in [5.41, 5.74) is 7.93. The highest BCUT2D eigenvalue weighted by Gasteiger charge is 2.32. The minimum absolute atomic E-state index is 0.140. The van der Waals surface area contributed by atoms with Gasteiger partial charge in [0.15, 0.2) is 0 Å². The van der Waals surface area contributed by atoms with Crippen LogP contribution in [-0.4, -0.2) is 32.9 Å². The molecule has 1 aromatic carbocycles. The Morgan fingerprint density at radius 2 is 1.86 bits per heavy atom. The Labute approximate surface area is 209 Å². The van der Waals surface area contributed by atoms with E-state index in [-0.39, 0.29) is 6.03 Å². The van der Waals surface area contributed by atoms with Crippen LogP contribution in [0.25, 0.3) is 28.4 Å². The zero-order valence-corrected chi connectivity index (χ0v) is 20.4. The number of benzene rings is 1. The lowest BCUT2D eigenvalue weighted by atomic mass is 9.86. The summed E-state index contributed by atoms with van der Waals surface area (Å²) < 4.78 is 0. The summed E-state index contributed by atoms with van der Waals surface area (Å²) in [5, 5.41) is 9.52. The zero-order chi connectivity index (χ0) is 25.0. The monoisotopic (exact) mass is 472 g/mol. The Morgan fingerprint density at radius 1 is 1.06 bits per heavy atom. The van der Waals surface area contributed by atoms with E-state index in [9.17, 15) is 10.1 Å². The Balaban J connectivity index is 1.52. The molecule has 1 aliphatic heterocycles. The lowest BCUT2D eigenvalue weighted by Crippen LogP contribution is -2.42. The van der Waals surface area contributed by atoms with Gasteiger partial charge in [0.2, 0.25) is 0 Å². The molecular weight excluding hydrogens is 448 g/mol. The number of rotatable bonds is 3. The molecule has 176 valence electrons. The number of amides is 2. The minimum atomic E-state index is -0.620. The van der Waals surface area contributed by atoms with Gasteiger partial charge in [-0.05, 0) is 55.3 Å². The number of anilines is 2. The summed E-state index contributed by atoms with van der Waals surface area (Å²) in [6.45, 7) is 4.21. The molecule has 0 saturated carbocycles. The molecule has 2 amide bonds. The van der Waals surface area contributed by atoms with Gasteiger partial charge in [0.05, 0.1) is 46.3 Å². The molecule has 4 heterocycles. The first kappa shape index (κ1) is 21.9. The highest BCUT2D eigenvalue weighted by atomic mass is 16.2. The third-order valence-corrected chi connectivity index (χ3v) is 6.95. The first-order chi connectivity index (χ1) is 17.4. The normalized spacial score (nSPS) is 14.7. The second-order valence-corrected chi connectivity index (χ2v) is 9.82. The molecule has 0 bridgehead atoms. The van der Waals surface area contributed by atoms with Crippen molar-refractivity contribution in [3.63, 3.8) is 0 Å². The number of hydrogen-bond donors (Lipinski definition) is 0. The van der Waals surface area contributed by atoms with Crippen LogP contribution in [0.2, 0.25) is 0 Å². The topological polar surface area (TPSA) is 86.0 Å².